The van der Waals surface area contributed by atoms with E-state index in [0.717, 1.165) is 0 Å². The lowest BCUT2D eigenvalue weighted by molar-refractivity contribution is -0.137. The van der Waals surface area contributed by atoms with Crippen LogP contribution in [0.3, 0.4) is 0 Å². The SMILES string of the molecule is Cc1cc(F)ccc1C(=O)N(C)CCC(=O)O. The van der Waals surface area contributed by atoms with Gasteiger partial charge in [0.05, 0.1) is 6.42 Å². The van der Waals surface area contributed by atoms with Crippen molar-refractivity contribution in [2.45, 2.75) is 13.3 Å². The Balaban J connectivity index is 2.78. The second-order valence-electron chi connectivity index (χ2n) is 3.83. The van der Waals surface area contributed by atoms with Gasteiger partial charge in [-0.25, -0.2) is 4.39 Å². The Labute approximate surface area is 98.7 Å². The number of amides is 1. The van der Waals surface area contributed by atoms with Crippen molar-refractivity contribution in [3.8, 4) is 0 Å². The van der Waals surface area contributed by atoms with Gasteiger partial charge in [-0.05, 0) is 30.7 Å². The summed E-state index contributed by atoms with van der Waals surface area (Å²) < 4.78 is 12.9. The first-order valence-corrected chi connectivity index (χ1v) is 5.15. The summed E-state index contributed by atoms with van der Waals surface area (Å²) in [4.78, 5) is 23.6. The summed E-state index contributed by atoms with van der Waals surface area (Å²) in [6, 6.07) is 3.90. The highest BCUT2D eigenvalue weighted by atomic mass is 19.1. The number of carboxylic acids is 1. The first kappa shape index (κ1) is 13.2. The number of hydrogen-bond donors (Lipinski definition) is 1. The van der Waals surface area contributed by atoms with E-state index < -0.39 is 11.8 Å². The third kappa shape index (κ3) is 3.55. The number of carbonyl (C=O) groups is 2. The molecule has 5 heteroatoms. The lowest BCUT2D eigenvalue weighted by Crippen LogP contribution is -2.29. The number of aliphatic carboxylic acids is 1. The zero-order valence-corrected chi connectivity index (χ0v) is 9.74. The number of carbonyl (C=O) groups excluding carboxylic acids is 1. The molecule has 1 rings (SSSR count). The molecule has 0 saturated carbocycles. The highest BCUT2D eigenvalue weighted by Crippen LogP contribution is 2.12. The van der Waals surface area contributed by atoms with E-state index in [0.29, 0.717) is 11.1 Å². The second-order valence-corrected chi connectivity index (χ2v) is 3.83. The topological polar surface area (TPSA) is 57.6 Å². The molecular formula is C12H14FNO3. The van der Waals surface area contributed by atoms with Crippen molar-refractivity contribution in [3.05, 3.63) is 35.1 Å². The first-order valence-electron chi connectivity index (χ1n) is 5.15. The molecule has 92 valence electrons. The monoisotopic (exact) mass is 239 g/mol. The Morgan fingerprint density at radius 3 is 2.59 bits per heavy atom. The molecule has 0 atom stereocenters. The van der Waals surface area contributed by atoms with E-state index in [-0.39, 0.29) is 18.9 Å². The fourth-order valence-corrected chi connectivity index (χ4v) is 1.44. The normalized spacial score (nSPS) is 10.1. The fourth-order valence-electron chi connectivity index (χ4n) is 1.44. The van der Waals surface area contributed by atoms with Crippen LogP contribution in [0.2, 0.25) is 0 Å². The van der Waals surface area contributed by atoms with Crippen LogP contribution in [0.15, 0.2) is 18.2 Å². The van der Waals surface area contributed by atoms with Gasteiger partial charge >= 0.3 is 5.97 Å². The lowest BCUT2D eigenvalue weighted by atomic mass is 10.1. The first-order chi connectivity index (χ1) is 7.91. The average molecular weight is 239 g/mol. The number of nitrogens with zero attached hydrogens (tertiary/aromatic N) is 1. The van der Waals surface area contributed by atoms with E-state index in [2.05, 4.69) is 0 Å². The number of rotatable bonds is 4. The molecule has 0 aliphatic carbocycles. The van der Waals surface area contributed by atoms with Crippen LogP contribution in [-0.4, -0.2) is 35.5 Å². The summed E-state index contributed by atoms with van der Waals surface area (Å²) in [7, 11) is 1.52. The van der Waals surface area contributed by atoms with Gasteiger partial charge in [-0.15, -0.1) is 0 Å². The minimum atomic E-state index is -0.958. The smallest absolute Gasteiger partial charge is 0.305 e. The number of hydrogen-bond acceptors (Lipinski definition) is 2. The van der Waals surface area contributed by atoms with Gasteiger partial charge in [0.2, 0.25) is 0 Å². The van der Waals surface area contributed by atoms with Gasteiger partial charge in [-0.1, -0.05) is 0 Å². The quantitative estimate of drug-likeness (QED) is 0.869. The molecule has 17 heavy (non-hydrogen) atoms. The van der Waals surface area contributed by atoms with Crippen molar-refractivity contribution in [1.82, 2.24) is 4.90 Å². The van der Waals surface area contributed by atoms with Crippen LogP contribution in [0, 0.1) is 12.7 Å². The van der Waals surface area contributed by atoms with Crippen molar-refractivity contribution in [2.75, 3.05) is 13.6 Å². The molecule has 4 nitrogen and oxygen atoms in total. The largest absolute Gasteiger partial charge is 0.481 e. The Morgan fingerprint density at radius 2 is 2.06 bits per heavy atom. The van der Waals surface area contributed by atoms with Crippen LogP contribution in [0.5, 0.6) is 0 Å². The maximum absolute atomic E-state index is 12.9. The standard InChI is InChI=1S/C12H14FNO3/c1-8-7-9(13)3-4-10(8)12(17)14(2)6-5-11(15)16/h3-4,7H,5-6H2,1-2H3,(H,15,16). The maximum atomic E-state index is 12.9. The summed E-state index contributed by atoms with van der Waals surface area (Å²) in [6.07, 6.45) is -0.109. The van der Waals surface area contributed by atoms with E-state index in [4.69, 9.17) is 5.11 Å². The minimum absolute atomic E-state index is 0.109. The molecule has 0 fully saturated rings. The zero-order valence-electron chi connectivity index (χ0n) is 9.74. The van der Waals surface area contributed by atoms with Crippen molar-refractivity contribution in [1.29, 1.82) is 0 Å². The molecular weight excluding hydrogens is 225 g/mol. The molecule has 0 radical (unpaired) electrons. The van der Waals surface area contributed by atoms with Gasteiger partial charge in [0.15, 0.2) is 0 Å². The van der Waals surface area contributed by atoms with Gasteiger partial charge in [-0.3, -0.25) is 9.59 Å². The highest BCUT2D eigenvalue weighted by molar-refractivity contribution is 5.95. The molecule has 0 heterocycles. The zero-order chi connectivity index (χ0) is 13.0. The number of benzene rings is 1. The highest BCUT2D eigenvalue weighted by Gasteiger charge is 2.15. The van der Waals surface area contributed by atoms with Gasteiger partial charge in [0, 0.05) is 19.2 Å². The lowest BCUT2D eigenvalue weighted by Gasteiger charge is -2.17. The van der Waals surface area contributed by atoms with E-state index in [1.54, 1.807) is 6.92 Å². The van der Waals surface area contributed by atoms with Crippen molar-refractivity contribution >= 4 is 11.9 Å². The molecule has 1 aromatic rings. The van der Waals surface area contributed by atoms with Crippen molar-refractivity contribution < 1.29 is 19.1 Å². The van der Waals surface area contributed by atoms with Gasteiger partial charge < -0.3 is 10.0 Å². The molecule has 0 spiro atoms. The Bertz CT molecular complexity index is 445. The van der Waals surface area contributed by atoms with E-state index >= 15 is 0 Å². The third-order valence-electron chi connectivity index (χ3n) is 2.43. The average Bonchev–Trinajstić information content (AvgIpc) is 2.25. The fraction of sp³-hybridized carbons (Fsp3) is 0.333. The molecule has 1 amide bonds. The predicted octanol–water partition coefficient (Wildman–Crippen LogP) is 1.68. The minimum Gasteiger partial charge on any atom is -0.481 e. The number of carboxylic acid groups (broad SMARTS) is 1. The maximum Gasteiger partial charge on any atom is 0.305 e. The Morgan fingerprint density at radius 1 is 1.41 bits per heavy atom. The summed E-state index contributed by atoms with van der Waals surface area (Å²) >= 11 is 0. The van der Waals surface area contributed by atoms with Crippen molar-refractivity contribution in [3.63, 3.8) is 0 Å². The van der Waals surface area contributed by atoms with Crippen LogP contribution in [0.1, 0.15) is 22.3 Å². The predicted molar refractivity (Wildman–Crippen MR) is 60.4 cm³/mol. The van der Waals surface area contributed by atoms with Gasteiger partial charge in [-0.2, -0.15) is 0 Å². The third-order valence-corrected chi connectivity index (χ3v) is 2.43. The molecule has 0 aliphatic heterocycles. The van der Waals surface area contributed by atoms with Gasteiger partial charge in [0.1, 0.15) is 5.82 Å². The molecule has 1 N–H and O–H groups in total. The second kappa shape index (κ2) is 5.43. The Hall–Kier alpha value is -1.91. The van der Waals surface area contributed by atoms with Crippen LogP contribution in [0.25, 0.3) is 0 Å². The van der Waals surface area contributed by atoms with Crippen LogP contribution < -0.4 is 0 Å². The summed E-state index contributed by atoms with van der Waals surface area (Å²) in [5, 5.41) is 8.52. The summed E-state index contributed by atoms with van der Waals surface area (Å²) in [5.74, 6) is -1.66. The van der Waals surface area contributed by atoms with Crippen molar-refractivity contribution in [2.24, 2.45) is 0 Å². The summed E-state index contributed by atoms with van der Waals surface area (Å²) in [6.45, 7) is 1.77. The number of aryl methyl sites for hydroxylation is 1. The summed E-state index contributed by atoms with van der Waals surface area (Å²) in [5.41, 5.74) is 0.927. The van der Waals surface area contributed by atoms with Crippen LogP contribution in [0.4, 0.5) is 4.39 Å². The molecule has 0 bridgehead atoms. The van der Waals surface area contributed by atoms with Gasteiger partial charge in [0.25, 0.3) is 5.91 Å². The number of halogens is 1. The van der Waals surface area contributed by atoms with E-state index in [9.17, 15) is 14.0 Å². The van der Waals surface area contributed by atoms with Crippen LogP contribution >= 0.6 is 0 Å². The molecule has 0 unspecified atom stereocenters. The molecule has 0 aromatic heterocycles. The van der Waals surface area contributed by atoms with E-state index in [1.165, 1.54) is 30.1 Å². The Kier molecular flexibility index (Phi) is 4.20. The molecule has 0 saturated heterocycles. The molecule has 0 aliphatic rings. The molecule has 1 aromatic carbocycles. The van der Waals surface area contributed by atoms with Crippen LogP contribution in [-0.2, 0) is 4.79 Å². The van der Waals surface area contributed by atoms with E-state index in [1.807, 2.05) is 0 Å².